The van der Waals surface area contributed by atoms with Gasteiger partial charge in [-0.1, -0.05) is 15.9 Å². The van der Waals surface area contributed by atoms with E-state index in [0.29, 0.717) is 11.0 Å². The van der Waals surface area contributed by atoms with Gasteiger partial charge in [-0.25, -0.2) is 0 Å². The van der Waals surface area contributed by atoms with E-state index in [1.54, 1.807) is 6.07 Å². The highest BCUT2D eigenvalue weighted by molar-refractivity contribution is 9.10. The molecule has 1 aliphatic rings. The smallest absolute Gasteiger partial charge is 0.283 e. The fourth-order valence-corrected chi connectivity index (χ4v) is 2.55. The summed E-state index contributed by atoms with van der Waals surface area (Å²) >= 11 is 3.17. The van der Waals surface area contributed by atoms with Crippen molar-refractivity contribution in [2.24, 2.45) is 0 Å². The van der Waals surface area contributed by atoms with E-state index >= 15 is 0 Å². The molecule has 122 valence electrons. The number of hydrogen-bond donors (Lipinski definition) is 2. The van der Waals surface area contributed by atoms with Crippen LogP contribution in [0.2, 0.25) is 0 Å². The molecule has 1 fully saturated rings. The molecule has 1 aromatic carbocycles. The molecule has 0 aromatic heterocycles. The molecule has 0 saturated carbocycles. The molecule has 0 atom stereocenters. The number of halogens is 2. The number of hydrogen-bond acceptors (Lipinski definition) is 5. The standard InChI is InChI=1S/C13H17BrN4O3.ClH/c14-10-1-2-11(12(9-10)18(20)21)13(19)16-5-8-17-6-3-15-4-7-17;/h1-2,9,15H,3-8H2,(H,16,19);1H. The minimum atomic E-state index is -0.546. The van der Waals surface area contributed by atoms with E-state index in [-0.39, 0.29) is 23.7 Å². The summed E-state index contributed by atoms with van der Waals surface area (Å²) in [5.41, 5.74) is -0.104. The van der Waals surface area contributed by atoms with Gasteiger partial charge in [0.1, 0.15) is 5.56 Å². The van der Waals surface area contributed by atoms with Crippen molar-refractivity contribution in [1.82, 2.24) is 15.5 Å². The molecule has 0 aliphatic carbocycles. The largest absolute Gasteiger partial charge is 0.351 e. The van der Waals surface area contributed by atoms with E-state index in [2.05, 4.69) is 31.5 Å². The van der Waals surface area contributed by atoms with Crippen LogP contribution in [0.4, 0.5) is 5.69 Å². The van der Waals surface area contributed by atoms with Crippen molar-refractivity contribution in [2.75, 3.05) is 39.3 Å². The summed E-state index contributed by atoms with van der Waals surface area (Å²) in [6.45, 7) is 5.03. The molecule has 1 amide bonds. The first kappa shape index (κ1) is 18.8. The maximum absolute atomic E-state index is 12.1. The highest BCUT2D eigenvalue weighted by Gasteiger charge is 2.20. The van der Waals surface area contributed by atoms with Gasteiger partial charge in [0.15, 0.2) is 0 Å². The Morgan fingerprint density at radius 1 is 1.41 bits per heavy atom. The number of benzene rings is 1. The number of nitrogens with zero attached hydrogens (tertiary/aromatic N) is 2. The minimum Gasteiger partial charge on any atom is -0.351 e. The lowest BCUT2D eigenvalue weighted by Crippen LogP contribution is -2.46. The summed E-state index contributed by atoms with van der Waals surface area (Å²) in [6, 6.07) is 4.42. The summed E-state index contributed by atoms with van der Waals surface area (Å²) in [5, 5.41) is 17.0. The molecule has 2 rings (SSSR count). The van der Waals surface area contributed by atoms with Crippen molar-refractivity contribution in [2.45, 2.75) is 0 Å². The average Bonchev–Trinajstić information content (AvgIpc) is 2.48. The second-order valence-electron chi connectivity index (χ2n) is 4.77. The van der Waals surface area contributed by atoms with Gasteiger partial charge in [-0.3, -0.25) is 19.8 Å². The predicted octanol–water partition coefficient (Wildman–Crippen LogP) is 1.41. The third kappa shape index (κ3) is 5.20. The highest BCUT2D eigenvalue weighted by Crippen LogP contribution is 2.23. The number of nitrogens with one attached hydrogen (secondary N) is 2. The van der Waals surface area contributed by atoms with Crippen LogP contribution in [0.25, 0.3) is 0 Å². The maximum atomic E-state index is 12.1. The van der Waals surface area contributed by atoms with Crippen molar-refractivity contribution in [3.05, 3.63) is 38.3 Å². The normalized spacial score (nSPS) is 15.0. The van der Waals surface area contributed by atoms with Gasteiger partial charge in [-0.15, -0.1) is 12.4 Å². The van der Waals surface area contributed by atoms with E-state index in [1.165, 1.54) is 12.1 Å². The van der Waals surface area contributed by atoms with Crippen molar-refractivity contribution >= 4 is 39.9 Å². The molecule has 0 bridgehead atoms. The Hall–Kier alpha value is -1.22. The van der Waals surface area contributed by atoms with Gasteiger partial charge in [0.05, 0.1) is 4.92 Å². The molecular weight excluding hydrogens is 376 g/mol. The van der Waals surface area contributed by atoms with Crippen molar-refractivity contribution in [3.8, 4) is 0 Å². The second-order valence-corrected chi connectivity index (χ2v) is 5.68. The van der Waals surface area contributed by atoms with Crippen LogP contribution >= 0.6 is 28.3 Å². The molecule has 22 heavy (non-hydrogen) atoms. The molecule has 0 radical (unpaired) electrons. The molecular formula is C13H18BrClN4O3. The molecule has 1 heterocycles. The lowest BCUT2D eigenvalue weighted by atomic mass is 10.1. The van der Waals surface area contributed by atoms with Gasteiger partial charge in [-0.05, 0) is 12.1 Å². The van der Waals surface area contributed by atoms with Gasteiger partial charge < -0.3 is 10.6 Å². The molecule has 7 nitrogen and oxygen atoms in total. The summed E-state index contributed by atoms with van der Waals surface area (Å²) in [7, 11) is 0. The van der Waals surface area contributed by atoms with Crippen LogP contribution in [-0.2, 0) is 0 Å². The second kappa shape index (κ2) is 9.04. The molecule has 2 N–H and O–H groups in total. The maximum Gasteiger partial charge on any atom is 0.283 e. The van der Waals surface area contributed by atoms with E-state index in [1.807, 2.05) is 0 Å². The molecule has 0 spiro atoms. The Kier molecular flexibility index (Phi) is 7.74. The number of nitro groups is 1. The summed E-state index contributed by atoms with van der Waals surface area (Å²) in [6.07, 6.45) is 0. The van der Waals surface area contributed by atoms with E-state index in [4.69, 9.17) is 0 Å². The lowest BCUT2D eigenvalue weighted by Gasteiger charge is -2.27. The zero-order chi connectivity index (χ0) is 15.2. The van der Waals surface area contributed by atoms with Crippen LogP contribution in [0.3, 0.4) is 0 Å². The van der Waals surface area contributed by atoms with Crippen LogP contribution in [0.5, 0.6) is 0 Å². The molecule has 1 saturated heterocycles. The van der Waals surface area contributed by atoms with Gasteiger partial charge in [0.2, 0.25) is 0 Å². The number of amides is 1. The van der Waals surface area contributed by atoms with Crippen molar-refractivity contribution in [1.29, 1.82) is 0 Å². The highest BCUT2D eigenvalue weighted by atomic mass is 79.9. The summed E-state index contributed by atoms with van der Waals surface area (Å²) in [4.78, 5) is 24.7. The SMILES string of the molecule is Cl.O=C(NCCN1CCNCC1)c1ccc(Br)cc1[N+](=O)[O-]. The van der Waals surface area contributed by atoms with Gasteiger partial charge in [0.25, 0.3) is 11.6 Å². The topological polar surface area (TPSA) is 87.5 Å². The fourth-order valence-electron chi connectivity index (χ4n) is 2.21. The lowest BCUT2D eigenvalue weighted by molar-refractivity contribution is -0.385. The Labute approximate surface area is 143 Å². The number of piperazine rings is 1. The predicted molar refractivity (Wildman–Crippen MR) is 89.7 cm³/mol. The number of rotatable bonds is 5. The number of carbonyl (C=O) groups excluding carboxylic acids is 1. The average molecular weight is 394 g/mol. The van der Waals surface area contributed by atoms with Gasteiger partial charge in [-0.2, -0.15) is 0 Å². The first-order valence-electron chi connectivity index (χ1n) is 6.73. The third-order valence-corrected chi connectivity index (χ3v) is 3.82. The van der Waals surface area contributed by atoms with Gasteiger partial charge >= 0.3 is 0 Å². The minimum absolute atomic E-state index is 0. The van der Waals surface area contributed by atoms with Crippen molar-refractivity contribution < 1.29 is 9.72 Å². The van der Waals surface area contributed by atoms with Crippen LogP contribution in [0.15, 0.2) is 22.7 Å². The Bertz CT molecular complexity index is 538. The fraction of sp³-hybridized carbons (Fsp3) is 0.462. The number of carbonyl (C=O) groups is 1. The monoisotopic (exact) mass is 392 g/mol. The van der Waals surface area contributed by atoms with Crippen LogP contribution in [0, 0.1) is 10.1 Å². The quantitative estimate of drug-likeness (QED) is 0.583. The molecule has 0 unspecified atom stereocenters. The third-order valence-electron chi connectivity index (χ3n) is 3.32. The van der Waals surface area contributed by atoms with Crippen LogP contribution < -0.4 is 10.6 Å². The van der Waals surface area contributed by atoms with Crippen LogP contribution in [-0.4, -0.2) is 55.0 Å². The molecule has 1 aliphatic heterocycles. The first-order chi connectivity index (χ1) is 10.1. The van der Waals surface area contributed by atoms with E-state index < -0.39 is 10.8 Å². The van der Waals surface area contributed by atoms with E-state index in [9.17, 15) is 14.9 Å². The van der Waals surface area contributed by atoms with Gasteiger partial charge in [0, 0.05) is 49.8 Å². The molecule has 9 heteroatoms. The van der Waals surface area contributed by atoms with Crippen molar-refractivity contribution in [3.63, 3.8) is 0 Å². The summed E-state index contributed by atoms with van der Waals surface area (Å²) < 4.78 is 0.576. The Morgan fingerprint density at radius 2 is 2.09 bits per heavy atom. The Morgan fingerprint density at radius 3 is 2.73 bits per heavy atom. The first-order valence-corrected chi connectivity index (χ1v) is 7.52. The Balaban J connectivity index is 0.00000242. The zero-order valence-corrected chi connectivity index (χ0v) is 14.3. The summed E-state index contributed by atoms with van der Waals surface area (Å²) in [5.74, 6) is -0.413. The molecule has 1 aromatic rings. The van der Waals surface area contributed by atoms with Crippen LogP contribution in [0.1, 0.15) is 10.4 Å². The zero-order valence-electron chi connectivity index (χ0n) is 11.9. The van der Waals surface area contributed by atoms with E-state index in [0.717, 1.165) is 32.7 Å². The number of nitro benzene ring substituents is 1.